The SMILES string of the molecule is CC(CNC(=O)C1CCNC1)Oc1ccccc1F.Cl. The smallest absolute Gasteiger partial charge is 0.224 e. The van der Waals surface area contributed by atoms with Gasteiger partial charge in [0.15, 0.2) is 11.6 Å². The molecule has 0 radical (unpaired) electrons. The minimum atomic E-state index is -0.388. The summed E-state index contributed by atoms with van der Waals surface area (Å²) in [6.45, 7) is 3.80. The number of halogens is 2. The van der Waals surface area contributed by atoms with Crippen LogP contribution in [0.25, 0.3) is 0 Å². The summed E-state index contributed by atoms with van der Waals surface area (Å²) in [6, 6.07) is 6.26. The Morgan fingerprint density at radius 1 is 1.55 bits per heavy atom. The molecule has 0 spiro atoms. The number of hydrogen-bond acceptors (Lipinski definition) is 3. The highest BCUT2D eigenvalue weighted by Gasteiger charge is 2.22. The molecule has 1 fully saturated rings. The maximum absolute atomic E-state index is 13.4. The molecule has 2 unspecified atom stereocenters. The van der Waals surface area contributed by atoms with E-state index in [0.717, 1.165) is 19.5 Å². The van der Waals surface area contributed by atoms with Crippen molar-refractivity contribution in [3.05, 3.63) is 30.1 Å². The number of ether oxygens (including phenoxy) is 1. The molecule has 1 heterocycles. The summed E-state index contributed by atoms with van der Waals surface area (Å²) < 4.78 is 18.8. The third kappa shape index (κ3) is 4.65. The van der Waals surface area contributed by atoms with E-state index in [1.165, 1.54) is 6.07 Å². The molecular weight excluding hydrogens is 283 g/mol. The monoisotopic (exact) mass is 302 g/mol. The first-order valence-electron chi connectivity index (χ1n) is 6.56. The lowest BCUT2D eigenvalue weighted by Crippen LogP contribution is -2.38. The van der Waals surface area contributed by atoms with Gasteiger partial charge in [-0.1, -0.05) is 12.1 Å². The fourth-order valence-electron chi connectivity index (χ4n) is 2.07. The summed E-state index contributed by atoms with van der Waals surface area (Å²) in [5.74, 6) is -0.0953. The van der Waals surface area contributed by atoms with Crippen molar-refractivity contribution in [2.75, 3.05) is 19.6 Å². The normalized spacial score (nSPS) is 19.0. The number of amides is 1. The van der Waals surface area contributed by atoms with E-state index >= 15 is 0 Å². The van der Waals surface area contributed by atoms with E-state index in [0.29, 0.717) is 6.54 Å². The first-order valence-corrected chi connectivity index (χ1v) is 6.56. The zero-order chi connectivity index (χ0) is 13.7. The molecule has 0 aromatic heterocycles. The summed E-state index contributed by atoms with van der Waals surface area (Å²) in [4.78, 5) is 11.8. The lowest BCUT2D eigenvalue weighted by Gasteiger charge is -2.17. The first kappa shape index (κ1) is 16.7. The van der Waals surface area contributed by atoms with Gasteiger partial charge in [-0.15, -0.1) is 12.4 Å². The lowest BCUT2D eigenvalue weighted by molar-refractivity contribution is -0.124. The second-order valence-electron chi connectivity index (χ2n) is 4.79. The highest BCUT2D eigenvalue weighted by molar-refractivity contribution is 5.85. The van der Waals surface area contributed by atoms with E-state index < -0.39 is 0 Å². The van der Waals surface area contributed by atoms with Gasteiger partial charge in [-0.2, -0.15) is 0 Å². The number of carbonyl (C=O) groups excluding carboxylic acids is 1. The predicted octanol–water partition coefficient (Wildman–Crippen LogP) is 1.74. The van der Waals surface area contributed by atoms with Crippen molar-refractivity contribution < 1.29 is 13.9 Å². The highest BCUT2D eigenvalue weighted by Crippen LogP contribution is 2.16. The van der Waals surface area contributed by atoms with E-state index in [-0.39, 0.29) is 41.9 Å². The van der Waals surface area contributed by atoms with Crippen LogP contribution >= 0.6 is 12.4 Å². The molecule has 0 aliphatic carbocycles. The molecule has 6 heteroatoms. The summed E-state index contributed by atoms with van der Waals surface area (Å²) in [5, 5.41) is 5.98. The second-order valence-corrected chi connectivity index (χ2v) is 4.79. The van der Waals surface area contributed by atoms with Gasteiger partial charge >= 0.3 is 0 Å². The zero-order valence-corrected chi connectivity index (χ0v) is 12.2. The van der Waals surface area contributed by atoms with Crippen LogP contribution in [-0.4, -0.2) is 31.6 Å². The van der Waals surface area contributed by atoms with Crippen molar-refractivity contribution in [3.8, 4) is 5.75 Å². The summed E-state index contributed by atoms with van der Waals surface area (Å²) >= 11 is 0. The maximum atomic E-state index is 13.4. The van der Waals surface area contributed by atoms with Crippen LogP contribution in [0.3, 0.4) is 0 Å². The van der Waals surface area contributed by atoms with Crippen LogP contribution in [0.5, 0.6) is 5.75 Å². The molecule has 1 amide bonds. The number of para-hydroxylation sites is 1. The summed E-state index contributed by atoms with van der Waals surface area (Å²) in [7, 11) is 0. The number of nitrogens with one attached hydrogen (secondary N) is 2. The highest BCUT2D eigenvalue weighted by atomic mass is 35.5. The fraction of sp³-hybridized carbons (Fsp3) is 0.500. The van der Waals surface area contributed by atoms with Crippen LogP contribution < -0.4 is 15.4 Å². The van der Waals surface area contributed by atoms with Crippen molar-refractivity contribution in [1.29, 1.82) is 0 Å². The molecular formula is C14H20ClFN2O2. The van der Waals surface area contributed by atoms with Gasteiger partial charge in [0.2, 0.25) is 5.91 Å². The molecule has 2 N–H and O–H groups in total. The van der Waals surface area contributed by atoms with Crippen LogP contribution in [-0.2, 0) is 4.79 Å². The molecule has 4 nitrogen and oxygen atoms in total. The predicted molar refractivity (Wildman–Crippen MR) is 77.7 cm³/mol. The van der Waals surface area contributed by atoms with E-state index in [9.17, 15) is 9.18 Å². The number of benzene rings is 1. The van der Waals surface area contributed by atoms with E-state index in [2.05, 4.69) is 10.6 Å². The number of hydrogen-bond donors (Lipinski definition) is 2. The molecule has 112 valence electrons. The Morgan fingerprint density at radius 2 is 2.30 bits per heavy atom. The van der Waals surface area contributed by atoms with Crippen LogP contribution in [0.4, 0.5) is 4.39 Å². The number of carbonyl (C=O) groups is 1. The zero-order valence-electron chi connectivity index (χ0n) is 11.4. The van der Waals surface area contributed by atoms with Crippen LogP contribution in [0, 0.1) is 11.7 Å². The van der Waals surface area contributed by atoms with Gasteiger partial charge in [-0.25, -0.2) is 4.39 Å². The van der Waals surface area contributed by atoms with Gasteiger partial charge in [0, 0.05) is 6.54 Å². The topological polar surface area (TPSA) is 50.4 Å². The average Bonchev–Trinajstić information content (AvgIpc) is 2.93. The van der Waals surface area contributed by atoms with E-state index in [1.54, 1.807) is 25.1 Å². The van der Waals surface area contributed by atoms with Gasteiger partial charge in [0.05, 0.1) is 12.5 Å². The Morgan fingerprint density at radius 3 is 2.95 bits per heavy atom. The second kappa shape index (κ2) is 8.07. The van der Waals surface area contributed by atoms with Crippen LogP contribution in [0.2, 0.25) is 0 Å². The Balaban J connectivity index is 0.00000200. The molecule has 2 rings (SSSR count). The molecule has 1 aromatic rings. The van der Waals surface area contributed by atoms with Crippen molar-refractivity contribution >= 4 is 18.3 Å². The van der Waals surface area contributed by atoms with Gasteiger partial charge in [0.1, 0.15) is 6.10 Å². The summed E-state index contributed by atoms with van der Waals surface area (Å²) in [6.07, 6.45) is 0.601. The Labute approximate surface area is 124 Å². The molecule has 0 bridgehead atoms. The van der Waals surface area contributed by atoms with Gasteiger partial charge in [-0.05, 0) is 32.0 Å². The number of rotatable bonds is 5. The maximum Gasteiger partial charge on any atom is 0.224 e. The van der Waals surface area contributed by atoms with Crippen LogP contribution in [0.15, 0.2) is 24.3 Å². The third-order valence-electron chi connectivity index (χ3n) is 3.16. The lowest BCUT2D eigenvalue weighted by atomic mass is 10.1. The van der Waals surface area contributed by atoms with Crippen molar-refractivity contribution in [3.63, 3.8) is 0 Å². The molecule has 1 aliphatic rings. The quantitative estimate of drug-likeness (QED) is 0.871. The third-order valence-corrected chi connectivity index (χ3v) is 3.16. The summed E-state index contributed by atoms with van der Waals surface area (Å²) in [5.41, 5.74) is 0. The molecule has 1 aromatic carbocycles. The minimum Gasteiger partial charge on any atom is -0.486 e. The Bertz CT molecular complexity index is 439. The van der Waals surface area contributed by atoms with Gasteiger partial charge in [-0.3, -0.25) is 4.79 Å². The largest absolute Gasteiger partial charge is 0.486 e. The molecule has 1 aliphatic heterocycles. The van der Waals surface area contributed by atoms with Crippen molar-refractivity contribution in [2.45, 2.75) is 19.4 Å². The Hall–Kier alpha value is -1.33. The molecule has 2 atom stereocenters. The first-order chi connectivity index (χ1) is 9.16. The fourth-order valence-corrected chi connectivity index (χ4v) is 2.07. The van der Waals surface area contributed by atoms with E-state index in [4.69, 9.17) is 4.74 Å². The minimum absolute atomic E-state index is 0. The molecule has 20 heavy (non-hydrogen) atoms. The van der Waals surface area contributed by atoms with E-state index in [1.807, 2.05) is 0 Å². The van der Waals surface area contributed by atoms with Crippen molar-refractivity contribution in [2.24, 2.45) is 5.92 Å². The standard InChI is InChI=1S/C14H19FN2O2.ClH/c1-10(19-13-5-3-2-4-12(13)15)8-17-14(18)11-6-7-16-9-11;/h2-5,10-11,16H,6-9H2,1H3,(H,17,18);1H. The Kier molecular flexibility index (Phi) is 6.75. The van der Waals surface area contributed by atoms with Gasteiger partial charge < -0.3 is 15.4 Å². The van der Waals surface area contributed by atoms with Gasteiger partial charge in [0.25, 0.3) is 0 Å². The molecule has 1 saturated heterocycles. The molecule has 0 saturated carbocycles. The van der Waals surface area contributed by atoms with Crippen LogP contribution in [0.1, 0.15) is 13.3 Å². The average molecular weight is 303 g/mol. The van der Waals surface area contributed by atoms with Crippen molar-refractivity contribution in [1.82, 2.24) is 10.6 Å².